The molecule has 31 heavy (non-hydrogen) atoms. The Hall–Kier alpha value is -2.93. The van der Waals surface area contributed by atoms with Crippen molar-refractivity contribution in [2.75, 3.05) is 25.0 Å². The summed E-state index contributed by atoms with van der Waals surface area (Å²) in [5, 5.41) is 5.85. The van der Waals surface area contributed by atoms with Gasteiger partial charge in [-0.3, -0.25) is 14.9 Å². The van der Waals surface area contributed by atoms with Crippen molar-refractivity contribution >= 4 is 34.8 Å². The minimum Gasteiger partial charge on any atom is -0.493 e. The van der Waals surface area contributed by atoms with E-state index in [9.17, 15) is 9.59 Å². The maximum Gasteiger partial charge on any atom is 0.261 e. The molecular formula is C24H29N3O3S. The number of hydrogen-bond acceptors (Lipinski definition) is 4. The van der Waals surface area contributed by atoms with Crippen LogP contribution in [0.3, 0.4) is 0 Å². The molecule has 2 aromatic carbocycles. The zero-order valence-electron chi connectivity index (χ0n) is 17.9. The number of amides is 2. The largest absolute Gasteiger partial charge is 0.493 e. The second-order valence-electron chi connectivity index (χ2n) is 7.50. The smallest absolute Gasteiger partial charge is 0.261 e. The van der Waals surface area contributed by atoms with E-state index in [0.717, 1.165) is 45.2 Å². The van der Waals surface area contributed by atoms with Crippen LogP contribution in [0.1, 0.15) is 59.7 Å². The van der Waals surface area contributed by atoms with Crippen LogP contribution in [0.2, 0.25) is 0 Å². The lowest BCUT2D eigenvalue weighted by Crippen LogP contribution is -2.36. The second-order valence-corrected chi connectivity index (χ2v) is 7.91. The highest BCUT2D eigenvalue weighted by atomic mass is 32.1. The Kier molecular flexibility index (Phi) is 8.41. The number of thiocarbonyl (C=S) groups is 1. The SMILES string of the molecule is CCCOc1ccccc1C(=O)NC(=S)Nc1ccccc1C(=O)N1CCCCCC1. The summed E-state index contributed by atoms with van der Waals surface area (Å²) < 4.78 is 5.66. The molecule has 0 aliphatic carbocycles. The van der Waals surface area contributed by atoms with Gasteiger partial charge in [-0.05, 0) is 55.7 Å². The summed E-state index contributed by atoms with van der Waals surface area (Å²) in [6.45, 7) is 4.07. The number of likely N-dealkylation sites (tertiary alicyclic amines) is 1. The van der Waals surface area contributed by atoms with Crippen molar-refractivity contribution < 1.29 is 14.3 Å². The fourth-order valence-corrected chi connectivity index (χ4v) is 3.74. The molecule has 1 fully saturated rings. The molecule has 0 bridgehead atoms. The Bertz CT molecular complexity index is 924. The quantitative estimate of drug-likeness (QED) is 0.643. The monoisotopic (exact) mass is 439 g/mol. The highest BCUT2D eigenvalue weighted by molar-refractivity contribution is 7.80. The summed E-state index contributed by atoms with van der Waals surface area (Å²) in [5.74, 6) is 0.138. The molecule has 2 amide bonds. The number of nitrogens with one attached hydrogen (secondary N) is 2. The highest BCUT2D eigenvalue weighted by Gasteiger charge is 2.21. The fourth-order valence-electron chi connectivity index (χ4n) is 3.54. The molecule has 1 saturated heterocycles. The van der Waals surface area contributed by atoms with Crippen molar-refractivity contribution in [3.8, 4) is 5.75 Å². The standard InChI is InChI=1S/C24H29N3O3S/c1-2-17-30-21-14-8-6-12-19(21)22(28)26-24(31)25-20-13-7-5-11-18(20)23(29)27-15-9-3-4-10-16-27/h5-8,11-14H,2-4,9-10,15-17H2,1H3,(H2,25,26,28,31). The minimum absolute atomic E-state index is 0.0163. The van der Waals surface area contributed by atoms with Gasteiger partial charge in [-0.15, -0.1) is 0 Å². The van der Waals surface area contributed by atoms with Gasteiger partial charge in [0.15, 0.2) is 5.11 Å². The number of benzene rings is 2. The van der Waals surface area contributed by atoms with Crippen LogP contribution in [0.5, 0.6) is 5.75 Å². The van der Waals surface area contributed by atoms with Gasteiger partial charge in [-0.2, -0.15) is 0 Å². The molecule has 2 aromatic rings. The molecule has 6 nitrogen and oxygen atoms in total. The number of anilines is 1. The number of rotatable bonds is 6. The van der Waals surface area contributed by atoms with Crippen LogP contribution < -0.4 is 15.4 Å². The zero-order chi connectivity index (χ0) is 22.1. The molecular weight excluding hydrogens is 410 g/mol. The van der Waals surface area contributed by atoms with E-state index in [2.05, 4.69) is 10.6 Å². The zero-order valence-corrected chi connectivity index (χ0v) is 18.7. The summed E-state index contributed by atoms with van der Waals surface area (Å²) in [7, 11) is 0. The summed E-state index contributed by atoms with van der Waals surface area (Å²) in [4.78, 5) is 27.7. The normalized spacial score (nSPS) is 13.8. The van der Waals surface area contributed by atoms with Gasteiger partial charge in [-0.25, -0.2) is 0 Å². The summed E-state index contributed by atoms with van der Waals surface area (Å²) in [6, 6.07) is 14.3. The molecule has 1 aliphatic rings. The third-order valence-corrected chi connectivity index (χ3v) is 5.32. The van der Waals surface area contributed by atoms with Crippen molar-refractivity contribution in [2.24, 2.45) is 0 Å². The van der Waals surface area contributed by atoms with Crippen molar-refractivity contribution in [3.05, 3.63) is 59.7 Å². The highest BCUT2D eigenvalue weighted by Crippen LogP contribution is 2.21. The summed E-state index contributed by atoms with van der Waals surface area (Å²) in [6.07, 6.45) is 5.20. The van der Waals surface area contributed by atoms with E-state index < -0.39 is 0 Å². The number of para-hydroxylation sites is 2. The molecule has 0 unspecified atom stereocenters. The van der Waals surface area contributed by atoms with Crippen molar-refractivity contribution in [1.82, 2.24) is 10.2 Å². The van der Waals surface area contributed by atoms with E-state index in [1.807, 2.05) is 30.0 Å². The van der Waals surface area contributed by atoms with Crippen LogP contribution in [0.15, 0.2) is 48.5 Å². The number of ether oxygens (including phenoxy) is 1. The van der Waals surface area contributed by atoms with Crippen LogP contribution in [0, 0.1) is 0 Å². The maximum absolute atomic E-state index is 13.1. The lowest BCUT2D eigenvalue weighted by atomic mass is 10.1. The van der Waals surface area contributed by atoms with Gasteiger partial charge in [0.25, 0.3) is 11.8 Å². The predicted octanol–water partition coefficient (Wildman–Crippen LogP) is 4.62. The lowest BCUT2D eigenvalue weighted by molar-refractivity contribution is 0.0762. The average Bonchev–Trinajstić information content (AvgIpc) is 3.07. The average molecular weight is 440 g/mol. The van der Waals surface area contributed by atoms with E-state index in [-0.39, 0.29) is 16.9 Å². The maximum atomic E-state index is 13.1. The first-order valence-electron chi connectivity index (χ1n) is 10.8. The minimum atomic E-state index is -0.361. The van der Waals surface area contributed by atoms with Crippen LogP contribution >= 0.6 is 12.2 Å². The molecule has 2 N–H and O–H groups in total. The number of hydrogen-bond donors (Lipinski definition) is 2. The summed E-state index contributed by atoms with van der Waals surface area (Å²) in [5.41, 5.74) is 1.54. The van der Waals surface area contributed by atoms with Crippen LogP contribution in [-0.2, 0) is 0 Å². The molecule has 1 heterocycles. The Morgan fingerprint density at radius 2 is 1.61 bits per heavy atom. The van der Waals surface area contributed by atoms with Crippen molar-refractivity contribution in [3.63, 3.8) is 0 Å². The Balaban J connectivity index is 1.69. The fraction of sp³-hybridized carbons (Fsp3) is 0.375. The molecule has 0 aromatic heterocycles. The lowest BCUT2D eigenvalue weighted by Gasteiger charge is -2.22. The van der Waals surface area contributed by atoms with Crippen molar-refractivity contribution in [1.29, 1.82) is 0 Å². The van der Waals surface area contributed by atoms with Gasteiger partial charge in [0.1, 0.15) is 5.75 Å². The first-order valence-corrected chi connectivity index (χ1v) is 11.2. The summed E-state index contributed by atoms with van der Waals surface area (Å²) >= 11 is 5.36. The van der Waals surface area contributed by atoms with E-state index >= 15 is 0 Å². The van der Waals surface area contributed by atoms with E-state index in [1.54, 1.807) is 30.3 Å². The van der Waals surface area contributed by atoms with Gasteiger partial charge in [0.2, 0.25) is 0 Å². The molecule has 7 heteroatoms. The topological polar surface area (TPSA) is 70.7 Å². The van der Waals surface area contributed by atoms with Gasteiger partial charge in [-0.1, -0.05) is 44.0 Å². The molecule has 0 saturated carbocycles. The molecule has 0 atom stereocenters. The predicted molar refractivity (Wildman–Crippen MR) is 127 cm³/mol. The molecule has 3 rings (SSSR count). The molecule has 0 radical (unpaired) electrons. The van der Waals surface area contributed by atoms with Gasteiger partial charge < -0.3 is 15.0 Å². The second kappa shape index (κ2) is 11.5. The van der Waals surface area contributed by atoms with Crippen LogP contribution in [0.25, 0.3) is 0 Å². The molecule has 0 spiro atoms. The first kappa shape index (κ1) is 22.7. The Morgan fingerprint density at radius 3 is 2.32 bits per heavy atom. The van der Waals surface area contributed by atoms with Gasteiger partial charge in [0.05, 0.1) is 23.4 Å². The number of nitrogens with zero attached hydrogens (tertiary/aromatic N) is 1. The van der Waals surface area contributed by atoms with Gasteiger partial charge in [0, 0.05) is 13.1 Å². The molecule has 1 aliphatic heterocycles. The van der Waals surface area contributed by atoms with Crippen LogP contribution in [0.4, 0.5) is 5.69 Å². The number of carbonyl (C=O) groups excluding carboxylic acids is 2. The van der Waals surface area contributed by atoms with E-state index in [4.69, 9.17) is 17.0 Å². The Morgan fingerprint density at radius 1 is 0.968 bits per heavy atom. The van der Waals surface area contributed by atoms with Crippen molar-refractivity contribution in [2.45, 2.75) is 39.0 Å². The number of carbonyl (C=O) groups is 2. The third kappa shape index (κ3) is 6.28. The van der Waals surface area contributed by atoms with Crippen LogP contribution in [-0.4, -0.2) is 41.5 Å². The van der Waals surface area contributed by atoms with E-state index in [1.165, 1.54) is 0 Å². The Labute approximate surface area is 189 Å². The third-order valence-electron chi connectivity index (χ3n) is 5.12. The van der Waals surface area contributed by atoms with Gasteiger partial charge >= 0.3 is 0 Å². The molecule has 164 valence electrons. The first-order chi connectivity index (χ1) is 15.1. The van der Waals surface area contributed by atoms with E-state index in [0.29, 0.717) is 29.2 Å².